The van der Waals surface area contributed by atoms with Crippen LogP contribution in [0.15, 0.2) is 66.9 Å². The molecule has 1 atom stereocenters. The average molecular weight is 328 g/mol. The number of benzene rings is 2. The van der Waals surface area contributed by atoms with E-state index >= 15 is 0 Å². The Balaban J connectivity index is 1.79. The zero-order valence-corrected chi connectivity index (χ0v) is 15.1. The van der Waals surface area contributed by atoms with Gasteiger partial charge in [0.2, 0.25) is 0 Å². The van der Waals surface area contributed by atoms with E-state index in [1.165, 1.54) is 33.6 Å². The molecule has 2 aromatic carbocycles. The summed E-state index contributed by atoms with van der Waals surface area (Å²) in [6.45, 7) is 8.85. The van der Waals surface area contributed by atoms with Gasteiger partial charge in [-0.25, -0.2) is 0 Å². The number of aromatic nitrogens is 1. The lowest BCUT2D eigenvalue weighted by atomic mass is 9.99. The molecule has 0 radical (unpaired) electrons. The maximum Gasteiger partial charge on any atom is 0.144 e. The van der Waals surface area contributed by atoms with Crippen molar-refractivity contribution in [2.75, 3.05) is 4.90 Å². The van der Waals surface area contributed by atoms with Crippen LogP contribution in [0.25, 0.3) is 0 Å². The van der Waals surface area contributed by atoms with Crippen LogP contribution in [0.2, 0.25) is 0 Å². The van der Waals surface area contributed by atoms with Crippen LogP contribution in [0.1, 0.15) is 34.0 Å². The smallest absolute Gasteiger partial charge is 0.144 e. The average Bonchev–Trinajstić information content (AvgIpc) is 2.93. The molecule has 126 valence electrons. The molecule has 2 heterocycles. The molecule has 2 heteroatoms. The first-order chi connectivity index (χ1) is 12.1. The molecule has 1 aliphatic heterocycles. The quantitative estimate of drug-likeness (QED) is 0.500. The second-order valence-electron chi connectivity index (χ2n) is 7.01. The molecule has 0 fully saturated rings. The highest BCUT2D eigenvalue weighted by atomic mass is 15.3. The van der Waals surface area contributed by atoms with Crippen LogP contribution in [0.5, 0.6) is 0 Å². The summed E-state index contributed by atoms with van der Waals surface area (Å²) in [4.78, 5) is 2.45. The van der Waals surface area contributed by atoms with Crippen LogP contribution in [-0.4, -0.2) is 0 Å². The molecule has 0 bridgehead atoms. The highest BCUT2D eigenvalue weighted by Gasteiger charge is 2.32. The van der Waals surface area contributed by atoms with Gasteiger partial charge in [-0.15, -0.1) is 0 Å². The second kappa shape index (κ2) is 6.29. The van der Waals surface area contributed by atoms with Crippen molar-refractivity contribution < 1.29 is 4.57 Å². The van der Waals surface area contributed by atoms with Crippen LogP contribution in [0, 0.1) is 27.4 Å². The van der Waals surface area contributed by atoms with E-state index in [0.29, 0.717) is 6.04 Å². The molecule has 3 aromatic rings. The van der Waals surface area contributed by atoms with Crippen molar-refractivity contribution in [2.45, 2.75) is 33.2 Å². The highest BCUT2D eigenvalue weighted by molar-refractivity contribution is 5.62. The number of aryl methyl sites for hydroxylation is 3. The van der Waals surface area contributed by atoms with E-state index in [1.54, 1.807) is 0 Å². The van der Waals surface area contributed by atoms with E-state index in [4.69, 9.17) is 0 Å². The van der Waals surface area contributed by atoms with Gasteiger partial charge in [-0.2, -0.15) is 0 Å². The molecular weight excluding hydrogens is 304 g/mol. The predicted molar refractivity (Wildman–Crippen MR) is 102 cm³/mol. The van der Waals surface area contributed by atoms with E-state index < -0.39 is 0 Å². The van der Waals surface area contributed by atoms with Crippen LogP contribution < -0.4 is 9.47 Å². The van der Waals surface area contributed by atoms with Gasteiger partial charge in [0.15, 0.2) is 0 Å². The molecule has 0 saturated heterocycles. The third-order valence-corrected chi connectivity index (χ3v) is 5.01. The van der Waals surface area contributed by atoms with Gasteiger partial charge in [0, 0.05) is 5.69 Å². The summed E-state index contributed by atoms with van der Waals surface area (Å²) in [5, 5.41) is 0. The minimum absolute atomic E-state index is 0.309. The fourth-order valence-corrected chi connectivity index (χ4v) is 4.05. The Hall–Kier alpha value is -2.74. The van der Waals surface area contributed by atoms with Gasteiger partial charge in [0.05, 0.1) is 12.2 Å². The molecule has 1 unspecified atom stereocenters. The fraction of sp³-hybridized carbons (Fsp3) is 0.217. The Labute approximate surface area is 150 Å². The molecule has 0 spiro atoms. The first kappa shape index (κ1) is 15.8. The maximum atomic E-state index is 2.45. The van der Waals surface area contributed by atoms with Gasteiger partial charge in [0.1, 0.15) is 12.4 Å². The standard InChI is InChI=1S/C23H24N2/c1-17-13-18(2)23(19(3)14-17)25-16-24-12-8-7-11-21(24)22(25)15-20-9-5-4-6-10-20/h4-14,16,22H,15H2,1-3H3. The van der Waals surface area contributed by atoms with Crippen molar-refractivity contribution in [3.63, 3.8) is 0 Å². The van der Waals surface area contributed by atoms with E-state index in [1.807, 2.05) is 0 Å². The number of rotatable bonds is 3. The molecule has 0 saturated carbocycles. The van der Waals surface area contributed by atoms with Crippen LogP contribution >= 0.6 is 0 Å². The van der Waals surface area contributed by atoms with E-state index in [0.717, 1.165) is 6.42 Å². The van der Waals surface area contributed by atoms with Crippen molar-refractivity contribution in [2.24, 2.45) is 0 Å². The van der Waals surface area contributed by atoms with Crippen molar-refractivity contribution in [1.29, 1.82) is 0 Å². The van der Waals surface area contributed by atoms with Crippen LogP contribution in [0.3, 0.4) is 0 Å². The van der Waals surface area contributed by atoms with Crippen molar-refractivity contribution >= 4 is 5.69 Å². The van der Waals surface area contributed by atoms with E-state index in [9.17, 15) is 0 Å². The van der Waals surface area contributed by atoms with Gasteiger partial charge in [0.25, 0.3) is 0 Å². The van der Waals surface area contributed by atoms with Gasteiger partial charge >= 0.3 is 0 Å². The van der Waals surface area contributed by atoms with Gasteiger partial charge in [-0.05, 0) is 43.9 Å². The Morgan fingerprint density at radius 2 is 1.60 bits per heavy atom. The van der Waals surface area contributed by atoms with Gasteiger partial charge in [-0.3, -0.25) is 0 Å². The van der Waals surface area contributed by atoms with Gasteiger partial charge < -0.3 is 9.47 Å². The predicted octanol–water partition coefficient (Wildman–Crippen LogP) is 4.67. The lowest BCUT2D eigenvalue weighted by molar-refractivity contribution is -0.630. The summed E-state index contributed by atoms with van der Waals surface area (Å²) >= 11 is 0. The summed E-state index contributed by atoms with van der Waals surface area (Å²) in [5.41, 5.74) is 8.02. The number of nitrogens with zero attached hydrogens (tertiary/aromatic N) is 2. The minimum Gasteiger partial charge on any atom is -0.345 e. The molecule has 25 heavy (non-hydrogen) atoms. The molecule has 2 nitrogen and oxygen atoms in total. The molecule has 1 aromatic heterocycles. The van der Waals surface area contributed by atoms with Crippen molar-refractivity contribution in [3.8, 4) is 0 Å². The molecule has 4 rings (SSSR count). The topological polar surface area (TPSA) is 7.12 Å². The van der Waals surface area contributed by atoms with Crippen LogP contribution in [0.4, 0.5) is 5.69 Å². The van der Waals surface area contributed by atoms with Crippen molar-refractivity contribution in [3.05, 3.63) is 101 Å². The number of fused-ring (bicyclic) bond motifs is 1. The third-order valence-electron chi connectivity index (χ3n) is 5.01. The normalized spacial score (nSPS) is 15.8. The lowest BCUT2D eigenvalue weighted by Crippen LogP contribution is -2.33. The highest BCUT2D eigenvalue weighted by Crippen LogP contribution is 2.37. The molecule has 0 amide bonds. The Morgan fingerprint density at radius 1 is 0.920 bits per heavy atom. The number of pyridine rings is 1. The fourth-order valence-electron chi connectivity index (χ4n) is 4.05. The maximum absolute atomic E-state index is 2.45. The van der Waals surface area contributed by atoms with E-state index in [2.05, 4.69) is 104 Å². The summed E-state index contributed by atoms with van der Waals surface area (Å²) in [6, 6.07) is 22.1. The Morgan fingerprint density at radius 3 is 2.32 bits per heavy atom. The molecular formula is C23H24N2. The van der Waals surface area contributed by atoms with Gasteiger partial charge in [-0.1, -0.05) is 66.2 Å². The van der Waals surface area contributed by atoms with Crippen molar-refractivity contribution in [1.82, 2.24) is 0 Å². The Kier molecular flexibility index (Phi) is 3.96. The second-order valence-corrected chi connectivity index (χ2v) is 7.01. The third kappa shape index (κ3) is 2.89. The first-order valence-corrected chi connectivity index (χ1v) is 8.88. The number of hydrogen-bond acceptors (Lipinski definition) is 1. The lowest BCUT2D eigenvalue weighted by Gasteiger charge is -2.29. The number of anilines is 1. The zero-order chi connectivity index (χ0) is 17.4. The summed E-state index contributed by atoms with van der Waals surface area (Å²) < 4.78 is 2.26. The number of hydrogen-bond donors (Lipinski definition) is 0. The molecule has 0 N–H and O–H groups in total. The zero-order valence-electron chi connectivity index (χ0n) is 15.1. The largest absolute Gasteiger partial charge is 0.345 e. The monoisotopic (exact) mass is 328 g/mol. The first-order valence-electron chi connectivity index (χ1n) is 8.88. The van der Waals surface area contributed by atoms with E-state index in [-0.39, 0.29) is 0 Å². The minimum atomic E-state index is 0.309. The molecule has 0 aliphatic carbocycles. The summed E-state index contributed by atoms with van der Waals surface area (Å²) in [6.07, 6.45) is 3.14. The Bertz CT molecular complexity index is 876. The van der Waals surface area contributed by atoms with Crippen LogP contribution in [-0.2, 0) is 6.42 Å². The SMILES string of the molecule is Cc1cc(C)c(N2[CH-][n+]3ccccc3C2Cc2ccccc2)c(C)c1. The molecule has 1 aliphatic rings. The summed E-state index contributed by atoms with van der Waals surface area (Å²) in [7, 11) is 0. The summed E-state index contributed by atoms with van der Waals surface area (Å²) in [5.74, 6) is 0.